The van der Waals surface area contributed by atoms with E-state index in [-0.39, 0.29) is 5.41 Å². The van der Waals surface area contributed by atoms with Gasteiger partial charge in [0.2, 0.25) is 0 Å². The molecule has 0 spiro atoms. The van der Waals surface area contributed by atoms with Gasteiger partial charge in [-0.25, -0.2) is 0 Å². The van der Waals surface area contributed by atoms with Gasteiger partial charge in [-0.15, -0.1) is 0 Å². The molecular formula is C63H44N2O. The van der Waals surface area contributed by atoms with Crippen LogP contribution in [0.4, 0.5) is 17.1 Å². The first-order valence-corrected chi connectivity index (χ1v) is 22.8. The van der Waals surface area contributed by atoms with E-state index >= 15 is 0 Å². The van der Waals surface area contributed by atoms with Gasteiger partial charge in [0.05, 0.1) is 11.0 Å². The summed E-state index contributed by atoms with van der Waals surface area (Å²) in [6.07, 6.45) is 0. The largest absolute Gasteiger partial charge is 0.456 e. The molecule has 0 atom stereocenters. The Morgan fingerprint density at radius 1 is 0.348 bits per heavy atom. The number of para-hydroxylation sites is 2. The summed E-state index contributed by atoms with van der Waals surface area (Å²) in [6.45, 7) is 4.67. The minimum atomic E-state index is -0.0588. The SMILES string of the molecule is CC1(C)c2ccccc2-c2ccc(-c3ccc4c(c3)oc3cc(N(c5ccc(-c6ccccc6)cc5)c5ccc(-c6ccc(-n7c8ccccc8c8ccccc87)cc6)cc5)ccc34)cc21. The second-order valence-corrected chi connectivity index (χ2v) is 18.1. The molecule has 66 heavy (non-hydrogen) atoms. The van der Waals surface area contributed by atoms with Gasteiger partial charge in [-0.1, -0.05) is 159 Å². The van der Waals surface area contributed by atoms with Crippen molar-refractivity contribution in [3.8, 4) is 50.2 Å². The van der Waals surface area contributed by atoms with Gasteiger partial charge in [-0.05, 0) is 134 Å². The zero-order valence-electron chi connectivity index (χ0n) is 36.7. The van der Waals surface area contributed by atoms with Gasteiger partial charge in [0.1, 0.15) is 11.2 Å². The van der Waals surface area contributed by atoms with Crippen LogP contribution in [0.25, 0.3) is 93.9 Å². The van der Waals surface area contributed by atoms with Crippen LogP contribution in [0.5, 0.6) is 0 Å². The van der Waals surface area contributed by atoms with Crippen molar-refractivity contribution in [1.29, 1.82) is 0 Å². The minimum absolute atomic E-state index is 0.0588. The van der Waals surface area contributed by atoms with Crippen LogP contribution in [0.2, 0.25) is 0 Å². The summed E-state index contributed by atoms with van der Waals surface area (Å²) in [5, 5.41) is 4.75. The van der Waals surface area contributed by atoms with Crippen molar-refractivity contribution >= 4 is 60.8 Å². The van der Waals surface area contributed by atoms with E-state index in [9.17, 15) is 0 Å². The normalized spacial score (nSPS) is 12.8. The van der Waals surface area contributed by atoms with Crippen LogP contribution < -0.4 is 4.90 Å². The predicted molar refractivity (Wildman–Crippen MR) is 277 cm³/mol. The van der Waals surface area contributed by atoms with Gasteiger partial charge in [0, 0.05) is 55.8 Å². The zero-order valence-corrected chi connectivity index (χ0v) is 36.7. The Kier molecular flexibility index (Phi) is 8.56. The van der Waals surface area contributed by atoms with Gasteiger partial charge >= 0.3 is 0 Å². The first-order chi connectivity index (χ1) is 32.5. The molecule has 1 aliphatic rings. The highest BCUT2D eigenvalue weighted by atomic mass is 16.3. The van der Waals surface area contributed by atoms with Crippen molar-refractivity contribution in [3.63, 3.8) is 0 Å². The summed E-state index contributed by atoms with van der Waals surface area (Å²) in [6, 6.07) is 83.6. The van der Waals surface area contributed by atoms with E-state index in [1.165, 1.54) is 66.3 Å². The first-order valence-electron chi connectivity index (χ1n) is 22.8. The quantitative estimate of drug-likeness (QED) is 0.159. The van der Waals surface area contributed by atoms with E-state index in [0.717, 1.165) is 55.8 Å². The molecule has 0 saturated carbocycles. The number of rotatable bonds is 7. The molecule has 0 saturated heterocycles. The fourth-order valence-corrected chi connectivity index (χ4v) is 10.7. The summed E-state index contributed by atoms with van der Waals surface area (Å²) in [5.74, 6) is 0. The van der Waals surface area contributed by atoms with E-state index in [1.807, 2.05) is 0 Å². The number of fused-ring (bicyclic) bond motifs is 9. The molecule has 10 aromatic carbocycles. The minimum Gasteiger partial charge on any atom is -0.456 e. The van der Waals surface area contributed by atoms with Crippen LogP contribution in [0.15, 0.2) is 235 Å². The Bertz CT molecular complexity index is 3760. The van der Waals surface area contributed by atoms with Gasteiger partial charge in [-0.2, -0.15) is 0 Å². The zero-order chi connectivity index (χ0) is 43.9. The topological polar surface area (TPSA) is 21.3 Å². The van der Waals surface area contributed by atoms with Crippen molar-refractivity contribution in [2.75, 3.05) is 4.90 Å². The highest BCUT2D eigenvalue weighted by Crippen LogP contribution is 2.50. The fourth-order valence-electron chi connectivity index (χ4n) is 10.7. The number of furan rings is 1. The van der Waals surface area contributed by atoms with E-state index < -0.39 is 0 Å². The number of anilines is 3. The van der Waals surface area contributed by atoms with Crippen LogP contribution in [-0.2, 0) is 5.41 Å². The summed E-state index contributed by atoms with van der Waals surface area (Å²) in [5.41, 5.74) is 20.9. The third-order valence-electron chi connectivity index (χ3n) is 14.0. The third-order valence-corrected chi connectivity index (χ3v) is 14.0. The molecule has 13 rings (SSSR count). The molecule has 12 aromatic rings. The highest BCUT2D eigenvalue weighted by molar-refractivity contribution is 6.09. The molecule has 312 valence electrons. The van der Waals surface area contributed by atoms with Crippen LogP contribution in [0.1, 0.15) is 25.0 Å². The number of nitrogens with zero attached hydrogens (tertiary/aromatic N) is 2. The molecule has 0 N–H and O–H groups in total. The van der Waals surface area contributed by atoms with Crippen molar-refractivity contribution in [2.45, 2.75) is 19.3 Å². The molecule has 2 heterocycles. The Morgan fingerprint density at radius 3 is 1.48 bits per heavy atom. The van der Waals surface area contributed by atoms with Gasteiger partial charge in [-0.3, -0.25) is 0 Å². The molecule has 0 aliphatic heterocycles. The van der Waals surface area contributed by atoms with Crippen molar-refractivity contribution in [3.05, 3.63) is 242 Å². The van der Waals surface area contributed by atoms with Gasteiger partial charge in [0.15, 0.2) is 0 Å². The molecule has 3 heteroatoms. The average molecular weight is 845 g/mol. The second-order valence-electron chi connectivity index (χ2n) is 18.1. The fraction of sp³-hybridized carbons (Fsp3) is 0.0476. The molecule has 0 bridgehead atoms. The molecule has 0 amide bonds. The Labute approximate surface area is 384 Å². The summed E-state index contributed by atoms with van der Waals surface area (Å²) in [4.78, 5) is 2.33. The molecule has 1 aliphatic carbocycles. The second kappa shape index (κ2) is 14.8. The molecule has 0 unspecified atom stereocenters. The first kappa shape index (κ1) is 38.1. The van der Waals surface area contributed by atoms with Crippen molar-refractivity contribution in [2.24, 2.45) is 0 Å². The molecule has 2 aromatic heterocycles. The molecule has 0 fully saturated rings. The van der Waals surface area contributed by atoms with E-state index in [0.29, 0.717) is 0 Å². The van der Waals surface area contributed by atoms with E-state index in [2.05, 4.69) is 254 Å². The smallest absolute Gasteiger partial charge is 0.137 e. The summed E-state index contributed by atoms with van der Waals surface area (Å²) < 4.78 is 9.14. The van der Waals surface area contributed by atoms with Crippen LogP contribution >= 0.6 is 0 Å². The maximum atomic E-state index is 6.77. The van der Waals surface area contributed by atoms with Crippen LogP contribution in [0.3, 0.4) is 0 Å². The Hall–Kier alpha value is -8.40. The van der Waals surface area contributed by atoms with Gasteiger partial charge in [0.25, 0.3) is 0 Å². The van der Waals surface area contributed by atoms with E-state index in [4.69, 9.17) is 4.42 Å². The lowest BCUT2D eigenvalue weighted by Crippen LogP contribution is -2.14. The van der Waals surface area contributed by atoms with Crippen molar-refractivity contribution in [1.82, 2.24) is 4.57 Å². The predicted octanol–water partition coefficient (Wildman–Crippen LogP) is 17.5. The number of benzene rings is 10. The van der Waals surface area contributed by atoms with Gasteiger partial charge < -0.3 is 13.9 Å². The maximum Gasteiger partial charge on any atom is 0.137 e. The molecule has 0 radical (unpaired) electrons. The summed E-state index contributed by atoms with van der Waals surface area (Å²) >= 11 is 0. The lowest BCUT2D eigenvalue weighted by atomic mass is 9.81. The van der Waals surface area contributed by atoms with Crippen LogP contribution in [-0.4, -0.2) is 4.57 Å². The highest BCUT2D eigenvalue weighted by Gasteiger charge is 2.35. The monoisotopic (exact) mass is 844 g/mol. The molecule has 3 nitrogen and oxygen atoms in total. The van der Waals surface area contributed by atoms with E-state index in [1.54, 1.807) is 0 Å². The maximum absolute atomic E-state index is 6.77. The number of hydrogen-bond acceptors (Lipinski definition) is 2. The Balaban J connectivity index is 0.855. The lowest BCUT2D eigenvalue weighted by Gasteiger charge is -2.26. The third kappa shape index (κ3) is 6.04. The molecular weight excluding hydrogens is 801 g/mol. The number of hydrogen-bond donors (Lipinski definition) is 0. The van der Waals surface area contributed by atoms with Crippen LogP contribution in [0, 0.1) is 0 Å². The lowest BCUT2D eigenvalue weighted by molar-refractivity contribution is 0.660. The number of aromatic nitrogens is 1. The standard InChI is InChI=1S/C63H44N2O/c1-63(2)57-17-9-6-14-51(57)52-35-26-45(38-58(52)63)46-27-36-55-56-37-34-50(40-62(56)66-61(55)39-46)64(47-28-20-42(21-29-47)41-12-4-3-5-13-41)48-30-22-43(23-31-48)44-24-32-49(33-25-44)65-59-18-10-7-15-53(59)54-16-8-11-19-60(54)65/h3-40H,1-2H3. The Morgan fingerprint density at radius 2 is 0.818 bits per heavy atom. The van der Waals surface area contributed by atoms with Crippen molar-refractivity contribution < 1.29 is 4.42 Å². The summed E-state index contributed by atoms with van der Waals surface area (Å²) in [7, 11) is 0. The average Bonchev–Trinajstić information content (AvgIpc) is 3.99.